The van der Waals surface area contributed by atoms with Crippen LogP contribution < -0.4 is 4.74 Å². The summed E-state index contributed by atoms with van der Waals surface area (Å²) in [6.07, 6.45) is 14.2. The molecule has 0 spiro atoms. The minimum atomic E-state index is 0.312. The average Bonchev–Trinajstić information content (AvgIpc) is 3.01. The van der Waals surface area contributed by atoms with E-state index in [-0.39, 0.29) is 0 Å². The Balaban J connectivity index is 1.73. The summed E-state index contributed by atoms with van der Waals surface area (Å²) in [5, 5.41) is 0. The zero-order chi connectivity index (χ0) is 30.0. The van der Waals surface area contributed by atoms with Gasteiger partial charge in [-0.25, -0.2) is 0 Å². The predicted molar refractivity (Wildman–Crippen MR) is 164 cm³/mol. The van der Waals surface area contributed by atoms with Crippen LogP contribution in [-0.2, 0) is 44.3 Å². The van der Waals surface area contributed by atoms with E-state index >= 15 is 0 Å². The molecule has 0 aliphatic carbocycles. The second-order valence-corrected chi connectivity index (χ2v) is 9.55. The number of ether oxygens (including phenoxy) is 9. The van der Waals surface area contributed by atoms with Crippen molar-refractivity contribution in [2.75, 3.05) is 112 Å². The lowest BCUT2D eigenvalue weighted by Crippen LogP contribution is -2.15. The van der Waals surface area contributed by atoms with Gasteiger partial charge in [0.25, 0.3) is 0 Å². The molecule has 1 aromatic carbocycles. The third kappa shape index (κ3) is 27.1. The summed E-state index contributed by atoms with van der Waals surface area (Å²) >= 11 is 0. The van der Waals surface area contributed by atoms with Gasteiger partial charge in [-0.1, -0.05) is 57.1 Å². The Morgan fingerprint density at radius 3 is 1.29 bits per heavy atom. The number of unbranched alkanes of at least 4 members (excludes halogenated alkanes) is 5. The van der Waals surface area contributed by atoms with E-state index < -0.39 is 0 Å². The zero-order valence-electron chi connectivity index (χ0n) is 26.0. The first kappa shape index (κ1) is 38.3. The molecule has 9 heteroatoms. The summed E-state index contributed by atoms with van der Waals surface area (Å²) < 4.78 is 49.1. The molecule has 0 atom stereocenters. The molecule has 0 bridgehead atoms. The normalized spacial score (nSPS) is 11.1. The lowest BCUT2D eigenvalue weighted by Gasteiger charge is -2.09. The molecule has 0 saturated heterocycles. The van der Waals surface area contributed by atoms with Gasteiger partial charge in [-0.15, -0.1) is 6.42 Å². The number of aryl methyl sites for hydroxylation is 1. The minimum Gasteiger partial charge on any atom is -0.491 e. The van der Waals surface area contributed by atoms with Crippen molar-refractivity contribution in [3.63, 3.8) is 0 Å². The van der Waals surface area contributed by atoms with Crippen molar-refractivity contribution >= 4 is 0 Å². The maximum absolute atomic E-state index is 5.76. The van der Waals surface area contributed by atoms with Crippen molar-refractivity contribution in [3.8, 4) is 18.1 Å². The molecule has 0 aliphatic rings. The lowest BCUT2D eigenvalue weighted by molar-refractivity contribution is -0.0230. The molecular formula is C33H56O9. The Kier molecular flexibility index (Phi) is 29.3. The second-order valence-electron chi connectivity index (χ2n) is 9.55. The van der Waals surface area contributed by atoms with Gasteiger partial charge in [0.1, 0.15) is 19.0 Å². The van der Waals surface area contributed by atoms with Gasteiger partial charge in [0, 0.05) is 0 Å². The molecule has 0 saturated carbocycles. The fourth-order valence-corrected chi connectivity index (χ4v) is 3.75. The molecule has 242 valence electrons. The molecule has 0 N–H and O–H groups in total. The van der Waals surface area contributed by atoms with E-state index in [4.69, 9.17) is 49.1 Å². The van der Waals surface area contributed by atoms with Crippen molar-refractivity contribution in [3.05, 3.63) is 29.8 Å². The van der Waals surface area contributed by atoms with E-state index in [1.54, 1.807) is 0 Å². The van der Waals surface area contributed by atoms with Crippen molar-refractivity contribution in [1.29, 1.82) is 0 Å². The molecule has 1 rings (SSSR count). The summed E-state index contributed by atoms with van der Waals surface area (Å²) in [4.78, 5) is 0. The van der Waals surface area contributed by atoms with Gasteiger partial charge in [-0.2, -0.15) is 0 Å². The van der Waals surface area contributed by atoms with Gasteiger partial charge >= 0.3 is 0 Å². The SMILES string of the molecule is C#CCOCCOCCOCCOCCOCCOCCOCCOCCOc1ccc(CCCCCCCC)cc1. The first-order valence-corrected chi connectivity index (χ1v) is 15.6. The van der Waals surface area contributed by atoms with E-state index in [1.807, 2.05) is 12.1 Å². The van der Waals surface area contributed by atoms with Crippen LogP contribution in [0.1, 0.15) is 51.0 Å². The third-order valence-corrected chi connectivity index (χ3v) is 6.03. The highest BCUT2D eigenvalue weighted by atomic mass is 16.6. The number of terminal acetylenes is 1. The minimum absolute atomic E-state index is 0.312. The van der Waals surface area contributed by atoms with Gasteiger partial charge in [-0.05, 0) is 30.5 Å². The molecule has 1 aromatic rings. The average molecular weight is 597 g/mol. The quantitative estimate of drug-likeness (QED) is 0.0845. The summed E-state index contributed by atoms with van der Waals surface area (Å²) in [6, 6.07) is 8.43. The van der Waals surface area contributed by atoms with Crippen molar-refractivity contribution in [2.24, 2.45) is 0 Å². The van der Waals surface area contributed by atoms with Crippen LogP contribution in [0.4, 0.5) is 0 Å². The van der Waals surface area contributed by atoms with Gasteiger partial charge < -0.3 is 42.6 Å². The Morgan fingerprint density at radius 2 is 0.857 bits per heavy atom. The third-order valence-electron chi connectivity index (χ3n) is 6.03. The maximum atomic E-state index is 5.76. The summed E-state index contributed by atoms with van der Waals surface area (Å²) in [5.41, 5.74) is 1.38. The molecule has 42 heavy (non-hydrogen) atoms. The summed E-state index contributed by atoms with van der Waals surface area (Å²) in [5.74, 6) is 3.29. The van der Waals surface area contributed by atoms with Gasteiger partial charge in [-0.3, -0.25) is 0 Å². The first-order chi connectivity index (χ1) is 20.9. The van der Waals surface area contributed by atoms with E-state index in [0.717, 1.165) is 12.2 Å². The van der Waals surface area contributed by atoms with Crippen molar-refractivity contribution in [1.82, 2.24) is 0 Å². The van der Waals surface area contributed by atoms with Gasteiger partial charge in [0.2, 0.25) is 0 Å². The predicted octanol–water partition coefficient (Wildman–Crippen LogP) is 4.73. The lowest BCUT2D eigenvalue weighted by atomic mass is 10.0. The smallest absolute Gasteiger partial charge is 0.119 e. The van der Waals surface area contributed by atoms with Crippen molar-refractivity contribution in [2.45, 2.75) is 51.9 Å². The molecule has 0 aliphatic heterocycles. The molecule has 9 nitrogen and oxygen atoms in total. The van der Waals surface area contributed by atoms with Crippen LogP contribution in [0.5, 0.6) is 5.75 Å². The van der Waals surface area contributed by atoms with E-state index in [1.165, 1.54) is 44.1 Å². The summed E-state index contributed by atoms with van der Waals surface area (Å²) in [7, 11) is 0. The molecule has 0 aromatic heterocycles. The van der Waals surface area contributed by atoms with E-state index in [9.17, 15) is 0 Å². The number of hydrogen-bond donors (Lipinski definition) is 0. The molecule has 0 radical (unpaired) electrons. The maximum Gasteiger partial charge on any atom is 0.119 e. The van der Waals surface area contributed by atoms with Crippen LogP contribution in [0.2, 0.25) is 0 Å². The highest BCUT2D eigenvalue weighted by Gasteiger charge is 1.99. The van der Waals surface area contributed by atoms with E-state index in [2.05, 4.69) is 25.0 Å². The van der Waals surface area contributed by atoms with Gasteiger partial charge in [0.05, 0.1) is 99.1 Å². The van der Waals surface area contributed by atoms with Gasteiger partial charge in [0.15, 0.2) is 0 Å². The molecule has 0 unspecified atom stereocenters. The molecule has 0 amide bonds. The monoisotopic (exact) mass is 596 g/mol. The van der Waals surface area contributed by atoms with Crippen LogP contribution in [0, 0.1) is 12.3 Å². The summed E-state index contributed by atoms with van der Waals surface area (Å²) in [6.45, 7) is 10.9. The fraction of sp³-hybridized carbons (Fsp3) is 0.758. The Hall–Kier alpha value is -1.74. The molecule has 0 fully saturated rings. The fourth-order valence-electron chi connectivity index (χ4n) is 3.75. The largest absolute Gasteiger partial charge is 0.491 e. The Morgan fingerprint density at radius 1 is 0.476 bits per heavy atom. The second kappa shape index (κ2) is 32.2. The van der Waals surface area contributed by atoms with E-state index in [0.29, 0.717) is 112 Å². The Labute approximate surface area is 254 Å². The standard InChI is InChI=1S/C33H56O9/c1-3-5-6-7-8-9-10-32-11-13-33(14-12-32)42-31-30-41-29-28-40-27-26-39-25-24-38-23-22-37-21-20-36-19-18-35-17-16-34-15-4-2/h2,11-14H,3,5-10,15-31H2,1H3. The van der Waals surface area contributed by atoms with Crippen LogP contribution in [-0.4, -0.2) is 112 Å². The topological polar surface area (TPSA) is 83.1 Å². The first-order valence-electron chi connectivity index (χ1n) is 15.6. The molecular weight excluding hydrogens is 540 g/mol. The highest BCUT2D eigenvalue weighted by Crippen LogP contribution is 2.15. The number of benzene rings is 1. The Bertz CT molecular complexity index is 708. The van der Waals surface area contributed by atoms with Crippen LogP contribution in [0.15, 0.2) is 24.3 Å². The molecule has 0 heterocycles. The van der Waals surface area contributed by atoms with Crippen LogP contribution in [0.25, 0.3) is 0 Å². The van der Waals surface area contributed by atoms with Crippen molar-refractivity contribution < 1.29 is 42.6 Å². The van der Waals surface area contributed by atoms with Crippen LogP contribution >= 0.6 is 0 Å². The highest BCUT2D eigenvalue weighted by molar-refractivity contribution is 5.27. The van der Waals surface area contributed by atoms with Crippen LogP contribution in [0.3, 0.4) is 0 Å². The number of hydrogen-bond acceptors (Lipinski definition) is 9. The number of rotatable bonds is 33. The zero-order valence-corrected chi connectivity index (χ0v) is 26.0.